The number of anilines is 3. The molecule has 0 unspecified atom stereocenters. The van der Waals surface area contributed by atoms with Crippen LogP contribution in [0.4, 0.5) is 17.1 Å². The Morgan fingerprint density at radius 3 is 1.46 bits per heavy atom. The van der Waals surface area contributed by atoms with Crippen molar-refractivity contribution < 1.29 is 0 Å². The van der Waals surface area contributed by atoms with Gasteiger partial charge >= 0.3 is 0 Å². The second kappa shape index (κ2) is 15.6. The zero-order chi connectivity index (χ0) is 42.4. The number of hydrogen-bond donors (Lipinski definition) is 0. The van der Waals surface area contributed by atoms with Gasteiger partial charge in [0, 0.05) is 22.4 Å². The molecule has 0 heterocycles. The van der Waals surface area contributed by atoms with Gasteiger partial charge in [0.05, 0.1) is 11.1 Å². The second-order valence-electron chi connectivity index (χ2n) is 17.3. The Labute approximate surface area is 371 Å². The summed E-state index contributed by atoms with van der Waals surface area (Å²) in [6, 6.07) is 91.5. The van der Waals surface area contributed by atoms with Gasteiger partial charge in [-0.05, 0) is 102 Å². The van der Waals surface area contributed by atoms with Gasteiger partial charge in [0.25, 0.3) is 0 Å². The van der Waals surface area contributed by atoms with Crippen LogP contribution in [0, 0.1) is 0 Å². The number of rotatable bonds is 9. The molecule has 1 aliphatic rings. The Balaban J connectivity index is 1.15. The van der Waals surface area contributed by atoms with Crippen LogP contribution in [-0.4, -0.2) is 0 Å². The summed E-state index contributed by atoms with van der Waals surface area (Å²) >= 11 is 0. The van der Waals surface area contributed by atoms with Gasteiger partial charge in [-0.15, -0.1) is 0 Å². The molecule has 0 fully saturated rings. The van der Waals surface area contributed by atoms with E-state index in [1.54, 1.807) is 0 Å². The van der Waals surface area contributed by atoms with Crippen LogP contribution in [-0.2, 0) is 10.8 Å². The Bertz CT molecular complexity index is 3110. The van der Waals surface area contributed by atoms with Crippen molar-refractivity contribution in [2.24, 2.45) is 0 Å². The highest BCUT2D eigenvalue weighted by atomic mass is 15.1. The molecule has 0 atom stereocenters. The summed E-state index contributed by atoms with van der Waals surface area (Å²) < 4.78 is 0. The van der Waals surface area contributed by atoms with Crippen LogP contribution in [0.3, 0.4) is 0 Å². The lowest BCUT2D eigenvalue weighted by Crippen LogP contribution is -2.31. The molecule has 0 aromatic heterocycles. The molecule has 0 N–H and O–H groups in total. The third-order valence-electron chi connectivity index (χ3n) is 13.4. The Kier molecular flexibility index (Phi) is 9.47. The van der Waals surface area contributed by atoms with Crippen LogP contribution in [0.2, 0.25) is 0 Å². The van der Waals surface area contributed by atoms with E-state index in [4.69, 9.17) is 0 Å². The lowest BCUT2D eigenvalue weighted by molar-refractivity contribution is 0.660. The highest BCUT2D eigenvalue weighted by Crippen LogP contribution is 2.52. The fourth-order valence-corrected chi connectivity index (χ4v) is 10.4. The van der Waals surface area contributed by atoms with Gasteiger partial charge in [0.1, 0.15) is 0 Å². The van der Waals surface area contributed by atoms with Gasteiger partial charge in [-0.2, -0.15) is 0 Å². The normalized spacial score (nSPS) is 12.7. The van der Waals surface area contributed by atoms with Crippen LogP contribution < -0.4 is 4.90 Å². The third-order valence-corrected chi connectivity index (χ3v) is 13.4. The van der Waals surface area contributed by atoms with Crippen LogP contribution in [0.25, 0.3) is 44.2 Å². The van der Waals surface area contributed by atoms with E-state index >= 15 is 0 Å². The molecule has 0 bridgehead atoms. The van der Waals surface area contributed by atoms with Crippen molar-refractivity contribution in [3.8, 4) is 33.4 Å². The minimum atomic E-state index is -0.551. The molecule has 11 rings (SSSR count). The summed E-state index contributed by atoms with van der Waals surface area (Å²) in [6.45, 7) is 4.71. The summed E-state index contributed by atoms with van der Waals surface area (Å²) in [5.41, 5.74) is 17.7. The average Bonchev–Trinajstić information content (AvgIpc) is 3.58. The van der Waals surface area contributed by atoms with E-state index in [0.29, 0.717) is 0 Å². The SMILES string of the molecule is CC1(C)c2ccccc2-c2cc(N(c3ccc(C(c4ccccc4)(c4ccccc4)c4ccccc4)cc3)c3ccc4ccccc4c3-c3ccc(-c4ccccc4)cc3)ccc21. The topological polar surface area (TPSA) is 3.24 Å². The Morgan fingerprint density at radius 1 is 0.349 bits per heavy atom. The van der Waals surface area contributed by atoms with Gasteiger partial charge in [0.2, 0.25) is 0 Å². The molecule has 300 valence electrons. The standard InChI is InChI=1S/C62H47N/c1-61(2)57-30-18-17-29-55(57)56-43-53(40-41-58(56)61)63(59-42-35-46-21-15-16-28-54(46)60(59)47-33-31-45(32-34-47)44-19-7-3-8-20-44)52-38-36-51(37-39-52)62(48-22-9-4-10-23-48,49-24-11-5-12-25-49)50-26-13-6-14-27-50/h3-43H,1-2H3. The molecule has 1 heteroatoms. The van der Waals surface area contributed by atoms with Crippen molar-refractivity contribution in [3.05, 3.63) is 282 Å². The number of hydrogen-bond acceptors (Lipinski definition) is 1. The van der Waals surface area contributed by atoms with Crippen molar-refractivity contribution in [2.75, 3.05) is 4.90 Å². The first-order valence-corrected chi connectivity index (χ1v) is 22.0. The molecular formula is C62H47N. The fraction of sp³-hybridized carbons (Fsp3) is 0.0645. The largest absolute Gasteiger partial charge is 0.310 e. The summed E-state index contributed by atoms with van der Waals surface area (Å²) in [4.78, 5) is 2.49. The number of nitrogens with zero attached hydrogens (tertiary/aromatic N) is 1. The average molecular weight is 806 g/mol. The van der Waals surface area contributed by atoms with Gasteiger partial charge in [0.15, 0.2) is 0 Å². The molecule has 0 aliphatic heterocycles. The third kappa shape index (κ3) is 6.39. The molecular weight excluding hydrogens is 759 g/mol. The van der Waals surface area contributed by atoms with E-state index in [1.807, 2.05) is 0 Å². The number of fused-ring (bicyclic) bond motifs is 4. The molecule has 0 saturated carbocycles. The van der Waals surface area contributed by atoms with E-state index < -0.39 is 5.41 Å². The number of benzene rings is 10. The molecule has 1 nitrogen and oxygen atoms in total. The van der Waals surface area contributed by atoms with E-state index in [0.717, 1.165) is 17.1 Å². The van der Waals surface area contributed by atoms with E-state index in [1.165, 1.54) is 77.5 Å². The summed E-state index contributed by atoms with van der Waals surface area (Å²) in [5, 5.41) is 2.43. The predicted molar refractivity (Wildman–Crippen MR) is 265 cm³/mol. The minimum Gasteiger partial charge on any atom is -0.310 e. The maximum atomic E-state index is 2.49. The van der Waals surface area contributed by atoms with Crippen LogP contribution >= 0.6 is 0 Å². The van der Waals surface area contributed by atoms with Gasteiger partial charge in [-0.3, -0.25) is 0 Å². The van der Waals surface area contributed by atoms with E-state index in [2.05, 4.69) is 267 Å². The predicted octanol–water partition coefficient (Wildman–Crippen LogP) is 16.3. The lowest BCUT2D eigenvalue weighted by Gasteiger charge is -2.37. The first kappa shape index (κ1) is 38.2. The van der Waals surface area contributed by atoms with E-state index in [-0.39, 0.29) is 5.41 Å². The maximum absolute atomic E-state index is 2.49. The van der Waals surface area contributed by atoms with Crippen LogP contribution in [0.1, 0.15) is 47.2 Å². The highest BCUT2D eigenvalue weighted by molar-refractivity contribution is 6.05. The molecule has 10 aromatic carbocycles. The van der Waals surface area contributed by atoms with E-state index in [9.17, 15) is 0 Å². The summed E-state index contributed by atoms with van der Waals surface area (Å²) in [7, 11) is 0. The van der Waals surface area contributed by atoms with Crippen LogP contribution in [0.15, 0.2) is 249 Å². The van der Waals surface area contributed by atoms with Crippen LogP contribution in [0.5, 0.6) is 0 Å². The minimum absolute atomic E-state index is 0.0960. The fourth-order valence-electron chi connectivity index (χ4n) is 10.4. The second-order valence-corrected chi connectivity index (χ2v) is 17.3. The molecule has 0 radical (unpaired) electrons. The van der Waals surface area contributed by atoms with Gasteiger partial charge in [-0.25, -0.2) is 0 Å². The summed E-state index contributed by atoms with van der Waals surface area (Å²) in [6.07, 6.45) is 0. The molecule has 0 amide bonds. The first-order valence-electron chi connectivity index (χ1n) is 22.0. The van der Waals surface area contributed by atoms with Crippen molar-refractivity contribution in [2.45, 2.75) is 24.7 Å². The van der Waals surface area contributed by atoms with Crippen molar-refractivity contribution in [1.82, 2.24) is 0 Å². The molecule has 1 aliphatic carbocycles. The Hall–Kier alpha value is -7.74. The zero-order valence-corrected chi connectivity index (χ0v) is 35.6. The van der Waals surface area contributed by atoms with Crippen molar-refractivity contribution >= 4 is 27.8 Å². The first-order chi connectivity index (χ1) is 31.0. The van der Waals surface area contributed by atoms with Crippen molar-refractivity contribution in [3.63, 3.8) is 0 Å². The Morgan fingerprint density at radius 2 is 0.825 bits per heavy atom. The molecule has 10 aromatic rings. The maximum Gasteiger partial charge on any atom is 0.0701 e. The molecule has 0 spiro atoms. The van der Waals surface area contributed by atoms with Gasteiger partial charge in [-0.1, -0.05) is 232 Å². The van der Waals surface area contributed by atoms with Crippen molar-refractivity contribution in [1.29, 1.82) is 0 Å². The molecule has 63 heavy (non-hydrogen) atoms. The summed E-state index contributed by atoms with van der Waals surface area (Å²) in [5.74, 6) is 0. The lowest BCUT2D eigenvalue weighted by atomic mass is 9.65. The quantitative estimate of drug-likeness (QED) is 0.131. The smallest absolute Gasteiger partial charge is 0.0701 e. The highest BCUT2D eigenvalue weighted by Gasteiger charge is 2.39. The zero-order valence-electron chi connectivity index (χ0n) is 35.6. The monoisotopic (exact) mass is 805 g/mol. The molecule has 0 saturated heterocycles. The van der Waals surface area contributed by atoms with Gasteiger partial charge < -0.3 is 4.90 Å².